The molecule has 4 rings (SSSR count). The van der Waals surface area contributed by atoms with Crippen LogP contribution in [0.3, 0.4) is 0 Å². The van der Waals surface area contributed by atoms with E-state index in [2.05, 4.69) is 42.3 Å². The summed E-state index contributed by atoms with van der Waals surface area (Å²) in [5.74, 6) is 2.62. The van der Waals surface area contributed by atoms with Gasteiger partial charge in [0.2, 0.25) is 0 Å². The van der Waals surface area contributed by atoms with Crippen LogP contribution in [-0.4, -0.2) is 44.2 Å². The maximum atomic E-state index is 5.25. The topological polar surface area (TPSA) is 48.1 Å². The van der Waals surface area contributed by atoms with Crippen LogP contribution in [0.5, 0.6) is 5.75 Å². The van der Waals surface area contributed by atoms with Crippen molar-refractivity contribution in [2.24, 2.45) is 5.92 Å². The molecular weight excluding hydrogens is 326 g/mol. The van der Waals surface area contributed by atoms with E-state index in [0.717, 1.165) is 43.4 Å². The van der Waals surface area contributed by atoms with Gasteiger partial charge < -0.3 is 13.9 Å². The second-order valence-corrected chi connectivity index (χ2v) is 6.91. The second-order valence-electron chi connectivity index (χ2n) is 6.91. The average molecular weight is 351 g/mol. The van der Waals surface area contributed by atoms with Gasteiger partial charge in [0.25, 0.3) is 0 Å². The molecule has 0 radical (unpaired) electrons. The number of likely N-dealkylation sites (tertiary alicyclic amines) is 1. The van der Waals surface area contributed by atoms with Crippen molar-refractivity contribution in [3.63, 3.8) is 0 Å². The molecule has 0 unspecified atom stereocenters. The van der Waals surface area contributed by atoms with Crippen LogP contribution in [-0.2, 0) is 13.1 Å². The summed E-state index contributed by atoms with van der Waals surface area (Å²) in [6.07, 6.45) is 12.2. The zero-order valence-electron chi connectivity index (χ0n) is 15.2. The van der Waals surface area contributed by atoms with Crippen molar-refractivity contribution in [1.29, 1.82) is 0 Å². The van der Waals surface area contributed by atoms with E-state index in [-0.39, 0.29) is 0 Å². The van der Waals surface area contributed by atoms with E-state index in [4.69, 9.17) is 4.74 Å². The van der Waals surface area contributed by atoms with E-state index in [1.165, 1.54) is 12.8 Å². The van der Waals surface area contributed by atoms with Gasteiger partial charge in [-0.3, -0.25) is 4.90 Å². The Morgan fingerprint density at radius 3 is 2.81 bits per heavy atom. The molecule has 0 N–H and O–H groups in total. The summed E-state index contributed by atoms with van der Waals surface area (Å²) < 4.78 is 9.61. The fraction of sp³-hybridized carbons (Fsp3) is 0.400. The molecule has 26 heavy (non-hydrogen) atoms. The summed E-state index contributed by atoms with van der Waals surface area (Å²) >= 11 is 0. The Labute approximate surface area is 154 Å². The van der Waals surface area contributed by atoms with E-state index < -0.39 is 0 Å². The van der Waals surface area contributed by atoms with E-state index in [1.807, 2.05) is 37.1 Å². The van der Waals surface area contributed by atoms with Gasteiger partial charge in [-0.05, 0) is 49.6 Å². The monoisotopic (exact) mass is 351 g/mol. The van der Waals surface area contributed by atoms with Gasteiger partial charge in [0.05, 0.1) is 20.0 Å². The number of imidazole rings is 2. The summed E-state index contributed by atoms with van der Waals surface area (Å²) in [6, 6.07) is 8.12. The third-order valence-corrected chi connectivity index (χ3v) is 5.06. The SMILES string of the molecule is COc1ccc(-n2ccnc2CN2CCC[C@@H](Cn3ccnc3)C2)cc1. The summed E-state index contributed by atoms with van der Waals surface area (Å²) in [7, 11) is 1.69. The summed E-state index contributed by atoms with van der Waals surface area (Å²) in [5, 5.41) is 0. The Morgan fingerprint density at radius 2 is 2.04 bits per heavy atom. The lowest BCUT2D eigenvalue weighted by Crippen LogP contribution is -2.37. The Bertz CT molecular complexity index is 809. The summed E-state index contributed by atoms with van der Waals surface area (Å²) in [4.78, 5) is 11.3. The van der Waals surface area contributed by atoms with Crippen LogP contribution in [0.25, 0.3) is 5.69 Å². The molecule has 1 aromatic carbocycles. The number of benzene rings is 1. The molecular formula is C20H25N5O. The number of hydrogen-bond donors (Lipinski definition) is 0. The largest absolute Gasteiger partial charge is 0.497 e. The number of piperidine rings is 1. The van der Waals surface area contributed by atoms with Crippen molar-refractivity contribution < 1.29 is 4.74 Å². The van der Waals surface area contributed by atoms with Gasteiger partial charge in [0, 0.05) is 43.6 Å². The van der Waals surface area contributed by atoms with Gasteiger partial charge in [-0.25, -0.2) is 9.97 Å². The molecule has 1 atom stereocenters. The number of methoxy groups -OCH3 is 1. The van der Waals surface area contributed by atoms with Crippen molar-refractivity contribution in [1.82, 2.24) is 24.0 Å². The number of rotatable bonds is 6. The lowest BCUT2D eigenvalue weighted by Gasteiger charge is -2.32. The zero-order valence-corrected chi connectivity index (χ0v) is 15.2. The number of hydrogen-bond acceptors (Lipinski definition) is 4. The highest BCUT2D eigenvalue weighted by Gasteiger charge is 2.21. The van der Waals surface area contributed by atoms with Crippen LogP contribution in [0.4, 0.5) is 0 Å². The first-order valence-electron chi connectivity index (χ1n) is 9.16. The van der Waals surface area contributed by atoms with Crippen LogP contribution < -0.4 is 4.74 Å². The number of aromatic nitrogens is 4. The Hall–Kier alpha value is -2.60. The van der Waals surface area contributed by atoms with Crippen LogP contribution in [0, 0.1) is 5.92 Å². The first kappa shape index (κ1) is 16.8. The molecule has 0 spiro atoms. The standard InChI is InChI=1S/C20H25N5O/c1-26-19-6-4-18(5-7-19)25-12-9-22-20(25)15-23-10-2-3-17(13-23)14-24-11-8-21-16-24/h4-9,11-12,16-17H,2-3,10,13-15H2,1H3/t17-/m1/s1. The van der Waals surface area contributed by atoms with Crippen molar-refractivity contribution in [2.45, 2.75) is 25.9 Å². The van der Waals surface area contributed by atoms with Crippen LogP contribution in [0.2, 0.25) is 0 Å². The van der Waals surface area contributed by atoms with Gasteiger partial charge in [-0.15, -0.1) is 0 Å². The van der Waals surface area contributed by atoms with Gasteiger partial charge >= 0.3 is 0 Å². The fourth-order valence-corrected chi connectivity index (χ4v) is 3.77. The van der Waals surface area contributed by atoms with Gasteiger partial charge in [-0.2, -0.15) is 0 Å². The van der Waals surface area contributed by atoms with Crippen LogP contribution >= 0.6 is 0 Å². The number of nitrogens with zero attached hydrogens (tertiary/aromatic N) is 5. The molecule has 1 fully saturated rings. The highest BCUT2D eigenvalue weighted by Crippen LogP contribution is 2.21. The van der Waals surface area contributed by atoms with Gasteiger partial charge in [-0.1, -0.05) is 0 Å². The molecule has 6 nitrogen and oxygen atoms in total. The molecule has 1 aliphatic heterocycles. The molecule has 3 aromatic rings. The van der Waals surface area contributed by atoms with Crippen molar-refractivity contribution in [3.8, 4) is 11.4 Å². The third kappa shape index (κ3) is 3.80. The van der Waals surface area contributed by atoms with E-state index in [1.54, 1.807) is 7.11 Å². The van der Waals surface area contributed by atoms with Gasteiger partial charge in [0.1, 0.15) is 11.6 Å². The Balaban J connectivity index is 1.43. The molecule has 0 amide bonds. The molecule has 6 heteroatoms. The number of ether oxygens (including phenoxy) is 1. The molecule has 0 bridgehead atoms. The van der Waals surface area contributed by atoms with E-state index in [0.29, 0.717) is 5.92 Å². The zero-order chi connectivity index (χ0) is 17.8. The molecule has 1 saturated heterocycles. The fourth-order valence-electron chi connectivity index (χ4n) is 3.77. The van der Waals surface area contributed by atoms with Crippen LogP contribution in [0.15, 0.2) is 55.4 Å². The van der Waals surface area contributed by atoms with Crippen molar-refractivity contribution >= 4 is 0 Å². The highest BCUT2D eigenvalue weighted by atomic mass is 16.5. The first-order chi connectivity index (χ1) is 12.8. The average Bonchev–Trinajstić information content (AvgIpc) is 3.34. The maximum Gasteiger partial charge on any atom is 0.127 e. The second kappa shape index (κ2) is 7.74. The molecule has 0 aliphatic carbocycles. The van der Waals surface area contributed by atoms with E-state index in [9.17, 15) is 0 Å². The maximum absolute atomic E-state index is 5.25. The van der Waals surface area contributed by atoms with Gasteiger partial charge in [0.15, 0.2) is 0 Å². The quantitative estimate of drug-likeness (QED) is 0.685. The predicted octanol–water partition coefficient (Wildman–Crippen LogP) is 2.99. The molecule has 3 heterocycles. The minimum Gasteiger partial charge on any atom is -0.497 e. The summed E-state index contributed by atoms with van der Waals surface area (Å²) in [6.45, 7) is 4.16. The van der Waals surface area contributed by atoms with Crippen molar-refractivity contribution in [3.05, 3.63) is 61.2 Å². The minimum atomic E-state index is 0.669. The van der Waals surface area contributed by atoms with Crippen LogP contribution in [0.1, 0.15) is 18.7 Å². The predicted molar refractivity (Wildman–Crippen MR) is 100 cm³/mol. The Kier molecular flexibility index (Phi) is 5.02. The Morgan fingerprint density at radius 1 is 1.15 bits per heavy atom. The first-order valence-corrected chi connectivity index (χ1v) is 9.16. The molecule has 2 aromatic heterocycles. The normalized spacial score (nSPS) is 18.1. The highest BCUT2D eigenvalue weighted by molar-refractivity contribution is 5.38. The van der Waals surface area contributed by atoms with Crippen molar-refractivity contribution in [2.75, 3.05) is 20.2 Å². The smallest absolute Gasteiger partial charge is 0.127 e. The molecule has 136 valence electrons. The lowest BCUT2D eigenvalue weighted by atomic mass is 9.98. The molecule has 0 saturated carbocycles. The summed E-state index contributed by atoms with van der Waals surface area (Å²) in [5.41, 5.74) is 1.12. The minimum absolute atomic E-state index is 0.669. The third-order valence-electron chi connectivity index (χ3n) is 5.06. The lowest BCUT2D eigenvalue weighted by molar-refractivity contribution is 0.152. The van der Waals surface area contributed by atoms with E-state index >= 15 is 0 Å². The molecule has 1 aliphatic rings.